The molecule has 7 nitrogen and oxygen atoms in total. The first kappa shape index (κ1) is 16.6. The van der Waals surface area contributed by atoms with Crippen LogP contribution in [0.3, 0.4) is 0 Å². The molecule has 2 rings (SSSR count). The first-order valence-electron chi connectivity index (χ1n) is 6.59. The van der Waals surface area contributed by atoms with Gasteiger partial charge in [-0.05, 0) is 24.6 Å². The molecule has 0 atom stereocenters. The molecule has 0 amide bonds. The molecule has 0 spiro atoms. The molecule has 1 aromatic carbocycles. The van der Waals surface area contributed by atoms with E-state index in [1.165, 1.54) is 36.5 Å². The minimum Gasteiger partial charge on any atom is -0.386 e. The highest BCUT2D eigenvalue weighted by atomic mass is 35.5. The van der Waals surface area contributed by atoms with Gasteiger partial charge in [-0.15, -0.1) is 0 Å². The van der Waals surface area contributed by atoms with Crippen molar-refractivity contribution in [1.82, 2.24) is 4.98 Å². The Hall–Kier alpha value is -2.80. The molecule has 0 radical (unpaired) electrons. The Morgan fingerprint density at radius 3 is 2.48 bits per heavy atom. The smallest absolute Gasteiger partial charge is 0.349 e. The zero-order valence-electron chi connectivity index (χ0n) is 12.0. The van der Waals surface area contributed by atoms with E-state index in [1.54, 1.807) is 6.92 Å². The van der Waals surface area contributed by atoms with Crippen LogP contribution in [-0.2, 0) is 11.2 Å². The normalized spacial score (nSPS) is 10.2. The fourth-order valence-corrected chi connectivity index (χ4v) is 2.24. The number of carbonyl (C=O) groups excluding carboxylic acids is 2. The maximum absolute atomic E-state index is 12.2. The van der Waals surface area contributed by atoms with Gasteiger partial charge in [0, 0.05) is 17.8 Å². The second-order valence-electron chi connectivity index (χ2n) is 4.43. The van der Waals surface area contributed by atoms with Gasteiger partial charge < -0.3 is 4.74 Å². The number of nitrogens with zero attached hydrogens (tertiary/aromatic N) is 2. The van der Waals surface area contributed by atoms with Gasteiger partial charge in [-0.1, -0.05) is 24.6 Å². The molecule has 0 unspecified atom stereocenters. The zero-order valence-corrected chi connectivity index (χ0v) is 12.7. The predicted molar refractivity (Wildman–Crippen MR) is 81.5 cm³/mol. The van der Waals surface area contributed by atoms with Crippen LogP contribution in [0.15, 0.2) is 36.5 Å². The third-order valence-corrected chi connectivity index (χ3v) is 3.39. The van der Waals surface area contributed by atoms with Gasteiger partial charge in [0.1, 0.15) is 5.15 Å². The molecule has 0 N–H and O–H groups in total. The first-order chi connectivity index (χ1) is 11.0. The Balaban J connectivity index is 2.32. The number of esters is 2. The second kappa shape index (κ2) is 6.97. The number of halogens is 1. The molecular formula is C15H11ClN2O5. The van der Waals surface area contributed by atoms with Gasteiger partial charge >= 0.3 is 11.9 Å². The van der Waals surface area contributed by atoms with Crippen molar-refractivity contribution in [3.8, 4) is 0 Å². The van der Waals surface area contributed by atoms with Crippen LogP contribution in [-0.4, -0.2) is 21.8 Å². The van der Waals surface area contributed by atoms with Crippen molar-refractivity contribution in [1.29, 1.82) is 0 Å². The molecule has 2 aromatic rings. The molecule has 1 aromatic heterocycles. The first-order valence-corrected chi connectivity index (χ1v) is 6.96. The predicted octanol–water partition coefficient (Wildman–Crippen LogP) is 3.20. The third kappa shape index (κ3) is 3.51. The highest BCUT2D eigenvalue weighted by molar-refractivity contribution is 6.32. The van der Waals surface area contributed by atoms with Gasteiger partial charge in [-0.2, -0.15) is 0 Å². The van der Waals surface area contributed by atoms with Crippen LogP contribution in [0.25, 0.3) is 0 Å². The quantitative estimate of drug-likeness (QED) is 0.280. The van der Waals surface area contributed by atoms with Crippen molar-refractivity contribution < 1.29 is 19.2 Å². The molecule has 0 aliphatic rings. The van der Waals surface area contributed by atoms with Crippen LogP contribution in [0.2, 0.25) is 5.15 Å². The van der Waals surface area contributed by atoms with Crippen molar-refractivity contribution in [2.45, 2.75) is 13.3 Å². The molecule has 0 aliphatic heterocycles. The van der Waals surface area contributed by atoms with E-state index in [4.69, 9.17) is 16.3 Å². The van der Waals surface area contributed by atoms with E-state index in [2.05, 4.69) is 4.98 Å². The molecule has 118 valence electrons. The number of carbonyl (C=O) groups is 2. The number of ether oxygens (including phenoxy) is 1. The molecule has 8 heteroatoms. The molecule has 0 bridgehead atoms. The van der Waals surface area contributed by atoms with Crippen LogP contribution < -0.4 is 0 Å². The van der Waals surface area contributed by atoms with Crippen molar-refractivity contribution >= 4 is 29.2 Å². The van der Waals surface area contributed by atoms with E-state index in [0.29, 0.717) is 0 Å². The monoisotopic (exact) mass is 334 g/mol. The lowest BCUT2D eigenvalue weighted by molar-refractivity contribution is -0.385. The van der Waals surface area contributed by atoms with Gasteiger partial charge in [0.15, 0.2) is 0 Å². The Labute approximate surface area is 136 Å². The largest absolute Gasteiger partial charge is 0.386 e. The van der Waals surface area contributed by atoms with Crippen molar-refractivity contribution in [2.75, 3.05) is 0 Å². The maximum Gasteiger partial charge on any atom is 0.349 e. The molecule has 0 fully saturated rings. The van der Waals surface area contributed by atoms with E-state index >= 15 is 0 Å². The van der Waals surface area contributed by atoms with Crippen molar-refractivity contribution in [2.24, 2.45) is 0 Å². The lowest BCUT2D eigenvalue weighted by Crippen LogP contribution is -2.15. The highest BCUT2D eigenvalue weighted by Gasteiger charge is 2.24. The zero-order chi connectivity index (χ0) is 17.0. The topological polar surface area (TPSA) is 99.4 Å². The standard InChI is InChI=1S/C15H11ClN2O5/c1-2-9-10(5-3-7-12(9)18(21)22)14(19)23-15(20)11-6-4-8-17-13(11)16/h3-8H,2H2,1H3. The van der Waals surface area contributed by atoms with Gasteiger partial charge in [0.25, 0.3) is 5.69 Å². The number of hydrogen-bond acceptors (Lipinski definition) is 6. The lowest BCUT2D eigenvalue weighted by atomic mass is 10.0. The minimum atomic E-state index is -0.976. The number of aromatic nitrogens is 1. The number of hydrogen-bond donors (Lipinski definition) is 0. The van der Waals surface area contributed by atoms with Crippen LogP contribution in [0.5, 0.6) is 0 Å². The van der Waals surface area contributed by atoms with Crippen LogP contribution >= 0.6 is 11.6 Å². The van der Waals surface area contributed by atoms with Crippen molar-refractivity contribution in [3.63, 3.8) is 0 Å². The number of nitro benzene ring substituents is 1. The maximum atomic E-state index is 12.2. The molecular weight excluding hydrogens is 324 g/mol. The Bertz CT molecular complexity index is 791. The van der Waals surface area contributed by atoms with Crippen LogP contribution in [0.1, 0.15) is 33.2 Å². The van der Waals surface area contributed by atoms with Gasteiger partial charge in [0.05, 0.1) is 16.1 Å². The Kier molecular flexibility index (Phi) is 5.02. The van der Waals surface area contributed by atoms with E-state index in [1.807, 2.05) is 0 Å². The summed E-state index contributed by atoms with van der Waals surface area (Å²) in [6.07, 6.45) is 1.63. The SMILES string of the molecule is CCc1c(C(=O)OC(=O)c2cccnc2Cl)cccc1[N+](=O)[O-]. The lowest BCUT2D eigenvalue weighted by Gasteiger charge is -2.08. The summed E-state index contributed by atoms with van der Waals surface area (Å²) in [5.74, 6) is -1.95. The van der Waals surface area contributed by atoms with Crippen molar-refractivity contribution in [3.05, 3.63) is 68.5 Å². The van der Waals surface area contributed by atoms with Gasteiger partial charge in [-0.25, -0.2) is 14.6 Å². The number of nitro groups is 1. The Morgan fingerprint density at radius 1 is 1.22 bits per heavy atom. The van der Waals surface area contributed by atoms with Gasteiger partial charge in [-0.3, -0.25) is 10.1 Å². The van der Waals surface area contributed by atoms with E-state index in [0.717, 1.165) is 0 Å². The molecule has 23 heavy (non-hydrogen) atoms. The van der Waals surface area contributed by atoms with Crippen LogP contribution in [0.4, 0.5) is 5.69 Å². The fourth-order valence-electron chi connectivity index (χ4n) is 2.04. The molecule has 0 aliphatic carbocycles. The van der Waals surface area contributed by atoms with E-state index in [9.17, 15) is 19.7 Å². The van der Waals surface area contributed by atoms with E-state index < -0.39 is 16.9 Å². The second-order valence-corrected chi connectivity index (χ2v) is 4.79. The van der Waals surface area contributed by atoms with Crippen LogP contribution in [0, 0.1) is 10.1 Å². The molecule has 1 heterocycles. The minimum absolute atomic E-state index is 0.0323. The fraction of sp³-hybridized carbons (Fsp3) is 0.133. The summed E-state index contributed by atoms with van der Waals surface area (Å²) in [4.78, 5) is 38.3. The molecule has 0 saturated carbocycles. The summed E-state index contributed by atoms with van der Waals surface area (Å²) in [6.45, 7) is 1.67. The number of rotatable bonds is 4. The van der Waals surface area contributed by atoms with E-state index in [-0.39, 0.29) is 34.0 Å². The summed E-state index contributed by atoms with van der Waals surface area (Å²) in [5, 5.41) is 10.9. The highest BCUT2D eigenvalue weighted by Crippen LogP contribution is 2.24. The summed E-state index contributed by atoms with van der Waals surface area (Å²) in [6, 6.07) is 6.84. The third-order valence-electron chi connectivity index (χ3n) is 3.09. The van der Waals surface area contributed by atoms with Gasteiger partial charge in [0.2, 0.25) is 0 Å². The Morgan fingerprint density at radius 2 is 1.87 bits per heavy atom. The number of pyridine rings is 1. The summed E-state index contributed by atoms with van der Waals surface area (Å²) < 4.78 is 4.76. The molecule has 0 saturated heterocycles. The average Bonchev–Trinajstić information content (AvgIpc) is 2.54. The number of benzene rings is 1. The summed E-state index contributed by atoms with van der Waals surface area (Å²) in [7, 11) is 0. The summed E-state index contributed by atoms with van der Waals surface area (Å²) in [5.41, 5.74) is -0.0950. The summed E-state index contributed by atoms with van der Waals surface area (Å²) >= 11 is 5.76. The average molecular weight is 335 g/mol.